The number of carbonyl (C=O) groups is 1. The molecule has 3 N–H and O–H groups in total. The van der Waals surface area contributed by atoms with E-state index in [2.05, 4.69) is 20.9 Å². The van der Waals surface area contributed by atoms with Gasteiger partial charge in [0.05, 0.1) is 10.2 Å². The van der Waals surface area contributed by atoms with Crippen molar-refractivity contribution in [3.63, 3.8) is 0 Å². The number of carbonyl (C=O) groups excluding carboxylic acids is 1. The lowest BCUT2D eigenvalue weighted by molar-refractivity contribution is 0.252. The number of nitrogens with zero attached hydrogens (tertiary/aromatic N) is 1. The van der Waals surface area contributed by atoms with Crippen molar-refractivity contribution in [3.8, 4) is 0 Å². The summed E-state index contributed by atoms with van der Waals surface area (Å²) in [5.41, 5.74) is 1.68. The van der Waals surface area contributed by atoms with Gasteiger partial charge in [0.15, 0.2) is 5.13 Å². The highest BCUT2D eigenvalue weighted by atomic mass is 35.5. The highest BCUT2D eigenvalue weighted by Crippen LogP contribution is 2.24. The monoisotopic (exact) mass is 346 g/mol. The van der Waals surface area contributed by atoms with E-state index >= 15 is 0 Å². The Morgan fingerprint density at radius 3 is 2.65 bits per heavy atom. The second-order valence-corrected chi connectivity index (χ2v) is 6.27. The number of halogens is 1. The molecular formula is C16H15ClN4OS. The average Bonchev–Trinajstić information content (AvgIpc) is 2.96. The molecule has 1 heterocycles. The van der Waals surface area contributed by atoms with Gasteiger partial charge in [-0.15, -0.1) is 0 Å². The maximum absolute atomic E-state index is 11.8. The van der Waals surface area contributed by atoms with Crippen molar-refractivity contribution in [2.75, 3.05) is 23.7 Å². The second kappa shape index (κ2) is 7.30. The summed E-state index contributed by atoms with van der Waals surface area (Å²) < 4.78 is 1.14. The van der Waals surface area contributed by atoms with Crippen LogP contribution in [0.25, 0.3) is 10.2 Å². The van der Waals surface area contributed by atoms with E-state index in [0.29, 0.717) is 23.8 Å². The molecule has 2 aromatic carbocycles. The Morgan fingerprint density at radius 2 is 1.87 bits per heavy atom. The van der Waals surface area contributed by atoms with Gasteiger partial charge in [-0.25, -0.2) is 9.78 Å². The maximum Gasteiger partial charge on any atom is 0.319 e. The number of hydrogen-bond donors (Lipinski definition) is 3. The summed E-state index contributed by atoms with van der Waals surface area (Å²) in [6.07, 6.45) is 0. The molecule has 5 nitrogen and oxygen atoms in total. The molecule has 1 aromatic heterocycles. The molecule has 23 heavy (non-hydrogen) atoms. The minimum absolute atomic E-state index is 0.251. The molecule has 0 bridgehead atoms. The molecule has 118 valence electrons. The smallest absolute Gasteiger partial charge is 0.319 e. The van der Waals surface area contributed by atoms with E-state index in [1.54, 1.807) is 35.6 Å². The SMILES string of the molecule is O=C(NCCNc1nc2ccccc2s1)Nc1ccc(Cl)cc1. The van der Waals surface area contributed by atoms with Crippen molar-refractivity contribution in [1.82, 2.24) is 10.3 Å². The minimum atomic E-state index is -0.251. The molecule has 2 amide bonds. The third-order valence-corrected chi connectivity index (χ3v) is 4.33. The number of benzene rings is 2. The van der Waals surface area contributed by atoms with Crippen LogP contribution in [0.1, 0.15) is 0 Å². The van der Waals surface area contributed by atoms with Gasteiger partial charge in [0.2, 0.25) is 0 Å². The molecule has 7 heteroatoms. The third kappa shape index (κ3) is 4.34. The van der Waals surface area contributed by atoms with Crippen LogP contribution in [0, 0.1) is 0 Å². The van der Waals surface area contributed by atoms with Gasteiger partial charge in [0.1, 0.15) is 0 Å². The van der Waals surface area contributed by atoms with Gasteiger partial charge in [-0.1, -0.05) is 35.1 Å². The van der Waals surface area contributed by atoms with Gasteiger partial charge in [-0.05, 0) is 36.4 Å². The lowest BCUT2D eigenvalue weighted by Crippen LogP contribution is -2.32. The fraction of sp³-hybridized carbons (Fsp3) is 0.125. The first-order chi connectivity index (χ1) is 11.2. The zero-order valence-corrected chi connectivity index (χ0v) is 13.7. The van der Waals surface area contributed by atoms with E-state index in [1.807, 2.05) is 24.3 Å². The zero-order valence-electron chi connectivity index (χ0n) is 12.2. The largest absolute Gasteiger partial charge is 0.360 e. The number of anilines is 2. The molecule has 3 rings (SSSR count). The van der Waals surface area contributed by atoms with Gasteiger partial charge >= 0.3 is 6.03 Å². The van der Waals surface area contributed by atoms with Crippen LogP contribution in [0.5, 0.6) is 0 Å². The summed E-state index contributed by atoms with van der Waals surface area (Å²) in [4.78, 5) is 16.2. The van der Waals surface area contributed by atoms with Crippen LogP contribution in [0.4, 0.5) is 15.6 Å². The number of rotatable bonds is 5. The molecule has 0 atom stereocenters. The number of thiazole rings is 1. The van der Waals surface area contributed by atoms with Crippen LogP contribution >= 0.6 is 22.9 Å². The lowest BCUT2D eigenvalue weighted by atomic mass is 10.3. The first-order valence-electron chi connectivity index (χ1n) is 7.10. The van der Waals surface area contributed by atoms with Gasteiger partial charge in [-0.2, -0.15) is 0 Å². The fourth-order valence-electron chi connectivity index (χ4n) is 2.00. The first kappa shape index (κ1) is 15.6. The van der Waals surface area contributed by atoms with Gasteiger partial charge in [0.25, 0.3) is 0 Å². The summed E-state index contributed by atoms with van der Waals surface area (Å²) in [6.45, 7) is 1.10. The predicted octanol–water partition coefficient (Wildman–Crippen LogP) is 4.18. The average molecular weight is 347 g/mol. The summed E-state index contributed by atoms with van der Waals surface area (Å²) in [6, 6.07) is 14.7. The molecule has 0 saturated heterocycles. The molecule has 0 fully saturated rings. The normalized spacial score (nSPS) is 10.5. The highest BCUT2D eigenvalue weighted by Gasteiger charge is 2.03. The summed E-state index contributed by atoms with van der Waals surface area (Å²) in [5, 5.41) is 10.2. The quantitative estimate of drug-likeness (QED) is 0.607. The van der Waals surface area contributed by atoms with E-state index in [9.17, 15) is 4.79 Å². The highest BCUT2D eigenvalue weighted by molar-refractivity contribution is 7.22. The fourth-order valence-corrected chi connectivity index (χ4v) is 3.02. The van der Waals surface area contributed by atoms with Crippen LogP contribution in [0.3, 0.4) is 0 Å². The maximum atomic E-state index is 11.8. The van der Waals surface area contributed by atoms with Crippen molar-refractivity contribution in [3.05, 3.63) is 53.6 Å². The molecule has 0 aliphatic heterocycles. The number of hydrogen-bond acceptors (Lipinski definition) is 4. The van der Waals surface area contributed by atoms with Crippen molar-refractivity contribution in [1.29, 1.82) is 0 Å². The topological polar surface area (TPSA) is 66.0 Å². The standard InChI is InChI=1S/C16H15ClN4OS/c17-11-5-7-12(8-6-11)20-15(22)18-9-10-19-16-21-13-3-1-2-4-14(13)23-16/h1-8H,9-10H2,(H,19,21)(H2,18,20,22). The summed E-state index contributed by atoms with van der Waals surface area (Å²) in [5.74, 6) is 0. The van der Waals surface area contributed by atoms with Crippen molar-refractivity contribution in [2.45, 2.75) is 0 Å². The van der Waals surface area contributed by atoms with Crippen LogP contribution in [-0.2, 0) is 0 Å². The van der Waals surface area contributed by atoms with Crippen LogP contribution in [0.2, 0.25) is 5.02 Å². The summed E-state index contributed by atoms with van der Waals surface area (Å²) >= 11 is 7.39. The Labute approximate surface area is 142 Å². The third-order valence-electron chi connectivity index (χ3n) is 3.08. The Hall–Kier alpha value is -2.31. The number of urea groups is 1. The Balaban J connectivity index is 1.42. The molecular weight excluding hydrogens is 332 g/mol. The van der Waals surface area contributed by atoms with E-state index in [1.165, 1.54) is 0 Å². The van der Waals surface area contributed by atoms with Crippen molar-refractivity contribution in [2.24, 2.45) is 0 Å². The minimum Gasteiger partial charge on any atom is -0.360 e. The number of aromatic nitrogens is 1. The number of amides is 2. The molecule has 0 unspecified atom stereocenters. The van der Waals surface area contributed by atoms with E-state index in [4.69, 9.17) is 11.6 Å². The molecule has 0 spiro atoms. The number of nitrogens with one attached hydrogen (secondary N) is 3. The number of fused-ring (bicyclic) bond motifs is 1. The Morgan fingerprint density at radius 1 is 1.09 bits per heavy atom. The number of para-hydroxylation sites is 1. The van der Waals surface area contributed by atoms with Crippen LogP contribution in [0.15, 0.2) is 48.5 Å². The van der Waals surface area contributed by atoms with Crippen LogP contribution < -0.4 is 16.0 Å². The van der Waals surface area contributed by atoms with E-state index < -0.39 is 0 Å². The van der Waals surface area contributed by atoms with E-state index in [-0.39, 0.29) is 6.03 Å². The van der Waals surface area contributed by atoms with Crippen LogP contribution in [-0.4, -0.2) is 24.1 Å². The molecule has 0 radical (unpaired) electrons. The predicted molar refractivity (Wildman–Crippen MR) is 96.6 cm³/mol. The van der Waals surface area contributed by atoms with Crippen molar-refractivity contribution >= 4 is 50.0 Å². The molecule has 0 aliphatic rings. The molecule has 3 aromatic rings. The molecule has 0 aliphatic carbocycles. The van der Waals surface area contributed by atoms with E-state index in [0.717, 1.165) is 15.3 Å². The van der Waals surface area contributed by atoms with Gasteiger partial charge in [0, 0.05) is 23.8 Å². The van der Waals surface area contributed by atoms with Gasteiger partial charge < -0.3 is 16.0 Å². The van der Waals surface area contributed by atoms with Gasteiger partial charge in [-0.3, -0.25) is 0 Å². The van der Waals surface area contributed by atoms with Crippen molar-refractivity contribution < 1.29 is 4.79 Å². The Bertz CT molecular complexity index is 770. The summed E-state index contributed by atoms with van der Waals surface area (Å²) in [7, 11) is 0. The lowest BCUT2D eigenvalue weighted by Gasteiger charge is -2.08. The zero-order chi connectivity index (χ0) is 16.1. The first-order valence-corrected chi connectivity index (χ1v) is 8.30. The second-order valence-electron chi connectivity index (χ2n) is 4.80. The Kier molecular flexibility index (Phi) is 4.95. The molecule has 0 saturated carbocycles.